The van der Waals surface area contributed by atoms with Crippen molar-refractivity contribution in [2.45, 2.75) is 84.4 Å². The minimum atomic E-state index is -4.38. The van der Waals surface area contributed by atoms with Crippen LogP contribution >= 0.6 is 11.3 Å². The second kappa shape index (κ2) is 12.9. The number of ketones is 1. The molecular formula is C30H36F3NO3S. The van der Waals surface area contributed by atoms with E-state index in [1.165, 1.54) is 23.5 Å². The molecule has 0 aliphatic heterocycles. The molecule has 0 saturated heterocycles. The Hall–Kier alpha value is -2.71. The van der Waals surface area contributed by atoms with Gasteiger partial charge in [0.25, 0.3) is 0 Å². The van der Waals surface area contributed by atoms with Gasteiger partial charge in [-0.15, -0.1) is 11.3 Å². The number of aliphatic hydroxyl groups is 1. The molecule has 0 aliphatic carbocycles. The van der Waals surface area contributed by atoms with Gasteiger partial charge in [-0.3, -0.25) is 4.79 Å². The first kappa shape index (κ1) is 29.8. The molecule has 1 N–H and O–H groups in total. The Balaban J connectivity index is 1.76. The van der Waals surface area contributed by atoms with Crippen LogP contribution < -0.4 is 4.74 Å². The van der Waals surface area contributed by atoms with Gasteiger partial charge in [0, 0.05) is 22.4 Å². The standard InChI is InChI=1S/C30H36F3NO3S/c1-5-6-7-8-9-24-27(38-28(34-24)21-10-13-23(14-11-21)30(31,32)33)17-15-25(36)22-12-16-26(20(2)18-22)37-29(3,4)19-35/h10-14,16,18,35H,5-9,15,17,19H2,1-4H3. The van der Waals surface area contributed by atoms with E-state index in [0.29, 0.717) is 34.7 Å². The van der Waals surface area contributed by atoms with Crippen LogP contribution in [0.2, 0.25) is 0 Å². The Bertz CT molecular complexity index is 1220. The average molecular weight is 548 g/mol. The molecule has 1 heterocycles. The molecular weight excluding hydrogens is 511 g/mol. The zero-order valence-corrected chi connectivity index (χ0v) is 23.3. The fourth-order valence-electron chi connectivity index (χ4n) is 4.06. The Labute approximate surface area is 226 Å². The molecule has 0 fully saturated rings. The topological polar surface area (TPSA) is 59.4 Å². The number of hydrogen-bond donors (Lipinski definition) is 1. The maximum Gasteiger partial charge on any atom is 0.416 e. The lowest BCUT2D eigenvalue weighted by molar-refractivity contribution is -0.137. The summed E-state index contributed by atoms with van der Waals surface area (Å²) < 4.78 is 44.8. The number of aromatic nitrogens is 1. The fourth-order valence-corrected chi connectivity index (χ4v) is 5.17. The summed E-state index contributed by atoms with van der Waals surface area (Å²) in [4.78, 5) is 18.8. The molecule has 0 spiro atoms. The summed E-state index contributed by atoms with van der Waals surface area (Å²) >= 11 is 1.45. The Morgan fingerprint density at radius 2 is 1.74 bits per heavy atom. The largest absolute Gasteiger partial charge is 0.485 e. The fraction of sp³-hybridized carbons (Fsp3) is 0.467. The molecule has 2 aromatic carbocycles. The number of benzene rings is 2. The van der Waals surface area contributed by atoms with E-state index in [-0.39, 0.29) is 12.4 Å². The number of hydrogen-bond acceptors (Lipinski definition) is 5. The van der Waals surface area contributed by atoms with E-state index in [1.807, 2.05) is 6.92 Å². The SMILES string of the molecule is CCCCCCc1nc(-c2ccc(C(F)(F)F)cc2)sc1CCC(=O)c1ccc(OC(C)(C)CO)c(C)c1. The van der Waals surface area contributed by atoms with E-state index in [4.69, 9.17) is 9.72 Å². The molecule has 1 aromatic heterocycles. The van der Waals surface area contributed by atoms with Gasteiger partial charge >= 0.3 is 6.18 Å². The maximum absolute atomic E-state index is 13.0. The third kappa shape index (κ3) is 8.14. The van der Waals surface area contributed by atoms with E-state index in [0.717, 1.165) is 60.4 Å². The van der Waals surface area contributed by atoms with Crippen LogP contribution in [0.5, 0.6) is 5.75 Å². The quantitative estimate of drug-likeness (QED) is 0.173. The number of nitrogens with zero attached hydrogens (tertiary/aromatic N) is 1. The van der Waals surface area contributed by atoms with Crippen LogP contribution in [0, 0.1) is 6.92 Å². The van der Waals surface area contributed by atoms with Crippen LogP contribution in [-0.4, -0.2) is 28.1 Å². The zero-order chi connectivity index (χ0) is 27.9. The van der Waals surface area contributed by atoms with E-state index >= 15 is 0 Å². The van der Waals surface area contributed by atoms with Crippen molar-refractivity contribution in [3.63, 3.8) is 0 Å². The predicted octanol–water partition coefficient (Wildman–Crippen LogP) is 8.23. The summed E-state index contributed by atoms with van der Waals surface area (Å²) in [5.74, 6) is 0.626. The number of unbranched alkanes of at least 4 members (excludes halogenated alkanes) is 3. The van der Waals surface area contributed by atoms with E-state index in [9.17, 15) is 23.1 Å². The van der Waals surface area contributed by atoms with E-state index in [2.05, 4.69) is 6.92 Å². The summed E-state index contributed by atoms with van der Waals surface area (Å²) in [6, 6.07) is 10.4. The van der Waals surface area contributed by atoms with Gasteiger partial charge in [-0.05, 0) is 75.9 Å². The molecule has 4 nitrogen and oxygen atoms in total. The highest BCUT2D eigenvalue weighted by atomic mass is 32.1. The van der Waals surface area contributed by atoms with Crippen LogP contribution in [0.25, 0.3) is 10.6 Å². The van der Waals surface area contributed by atoms with Crippen molar-refractivity contribution >= 4 is 17.1 Å². The van der Waals surface area contributed by atoms with Crippen LogP contribution in [-0.2, 0) is 19.0 Å². The number of aryl methyl sites for hydroxylation is 3. The number of carbonyl (C=O) groups excluding carboxylic acids is 1. The third-order valence-corrected chi connectivity index (χ3v) is 7.55. The second-order valence-electron chi connectivity index (χ2n) is 10.2. The lowest BCUT2D eigenvalue weighted by atomic mass is 10.0. The van der Waals surface area contributed by atoms with Gasteiger partial charge in [-0.25, -0.2) is 4.98 Å². The minimum Gasteiger partial charge on any atom is -0.485 e. The van der Waals surface area contributed by atoms with Crippen LogP contribution in [0.1, 0.15) is 84.9 Å². The van der Waals surface area contributed by atoms with E-state index < -0.39 is 17.3 Å². The summed E-state index contributed by atoms with van der Waals surface area (Å²) in [6.07, 6.45) is 1.56. The highest BCUT2D eigenvalue weighted by molar-refractivity contribution is 7.15. The number of rotatable bonds is 13. The molecule has 0 saturated carbocycles. The molecule has 3 rings (SSSR count). The van der Waals surface area contributed by atoms with Gasteiger partial charge < -0.3 is 9.84 Å². The summed E-state index contributed by atoms with van der Waals surface area (Å²) in [5.41, 5.74) is 1.58. The monoisotopic (exact) mass is 547 g/mol. The number of Topliss-reactive ketones (excluding diaryl/α,β-unsaturated/α-hetero) is 1. The second-order valence-corrected chi connectivity index (χ2v) is 11.3. The van der Waals surface area contributed by atoms with Crippen LogP contribution in [0.4, 0.5) is 13.2 Å². The van der Waals surface area contributed by atoms with E-state index in [1.54, 1.807) is 32.0 Å². The Kier molecular flexibility index (Phi) is 10.1. The molecule has 0 unspecified atom stereocenters. The van der Waals surface area contributed by atoms with Crippen molar-refractivity contribution in [3.05, 3.63) is 69.7 Å². The van der Waals surface area contributed by atoms with Crippen LogP contribution in [0.15, 0.2) is 42.5 Å². The van der Waals surface area contributed by atoms with Gasteiger partial charge in [0.1, 0.15) is 16.4 Å². The number of ether oxygens (including phenoxy) is 1. The summed E-state index contributed by atoms with van der Waals surface area (Å²) in [6.45, 7) is 7.47. The lowest BCUT2D eigenvalue weighted by Crippen LogP contribution is -2.32. The van der Waals surface area contributed by atoms with Crippen molar-refractivity contribution in [1.29, 1.82) is 0 Å². The highest BCUT2D eigenvalue weighted by Gasteiger charge is 2.30. The van der Waals surface area contributed by atoms with Crippen molar-refractivity contribution < 1.29 is 27.8 Å². The minimum absolute atomic E-state index is 0.00230. The summed E-state index contributed by atoms with van der Waals surface area (Å²) in [7, 11) is 0. The number of carbonyl (C=O) groups is 1. The molecule has 38 heavy (non-hydrogen) atoms. The highest BCUT2D eigenvalue weighted by Crippen LogP contribution is 2.34. The third-order valence-electron chi connectivity index (χ3n) is 6.35. The first-order valence-electron chi connectivity index (χ1n) is 13.0. The number of alkyl halides is 3. The van der Waals surface area contributed by atoms with Crippen molar-refractivity contribution in [2.75, 3.05) is 6.61 Å². The van der Waals surface area contributed by atoms with Gasteiger partial charge in [0.05, 0.1) is 17.9 Å². The first-order valence-corrected chi connectivity index (χ1v) is 13.8. The van der Waals surface area contributed by atoms with Crippen molar-refractivity contribution in [2.24, 2.45) is 0 Å². The van der Waals surface area contributed by atoms with Gasteiger partial charge in [0.15, 0.2) is 5.78 Å². The van der Waals surface area contributed by atoms with Crippen molar-refractivity contribution in [3.8, 4) is 16.3 Å². The van der Waals surface area contributed by atoms with Gasteiger partial charge in [-0.2, -0.15) is 13.2 Å². The maximum atomic E-state index is 13.0. The Morgan fingerprint density at radius 3 is 2.34 bits per heavy atom. The van der Waals surface area contributed by atoms with Crippen molar-refractivity contribution in [1.82, 2.24) is 4.98 Å². The molecule has 206 valence electrons. The molecule has 0 radical (unpaired) electrons. The molecule has 0 bridgehead atoms. The zero-order valence-electron chi connectivity index (χ0n) is 22.5. The molecule has 8 heteroatoms. The molecule has 3 aromatic rings. The molecule has 0 amide bonds. The number of halogens is 3. The van der Waals surface area contributed by atoms with Gasteiger partial charge in [0.2, 0.25) is 0 Å². The average Bonchev–Trinajstić information content (AvgIpc) is 3.28. The summed E-state index contributed by atoms with van der Waals surface area (Å²) in [5, 5.41) is 10.1. The molecule has 0 atom stereocenters. The lowest BCUT2D eigenvalue weighted by Gasteiger charge is -2.25. The number of aliphatic hydroxyl groups excluding tert-OH is 1. The smallest absolute Gasteiger partial charge is 0.416 e. The predicted molar refractivity (Wildman–Crippen MR) is 146 cm³/mol. The molecule has 0 aliphatic rings. The normalized spacial score (nSPS) is 12.1. The van der Waals surface area contributed by atoms with Gasteiger partial charge in [-0.1, -0.05) is 38.3 Å². The first-order chi connectivity index (χ1) is 17.9. The Morgan fingerprint density at radius 1 is 1.03 bits per heavy atom. The number of thiazole rings is 1. The van der Waals surface area contributed by atoms with Crippen LogP contribution in [0.3, 0.4) is 0 Å².